The highest BCUT2D eigenvalue weighted by Crippen LogP contribution is 2.31. The van der Waals surface area contributed by atoms with Crippen molar-refractivity contribution in [3.8, 4) is 0 Å². The highest BCUT2D eigenvalue weighted by atomic mass is 32.2. The summed E-state index contributed by atoms with van der Waals surface area (Å²) in [6, 6.07) is 9.79. The molecule has 1 saturated heterocycles. The summed E-state index contributed by atoms with van der Waals surface area (Å²) in [7, 11) is 0. The van der Waals surface area contributed by atoms with Gasteiger partial charge >= 0.3 is 0 Å². The molecule has 1 aromatic carbocycles. The van der Waals surface area contributed by atoms with Gasteiger partial charge in [0.2, 0.25) is 0 Å². The van der Waals surface area contributed by atoms with Gasteiger partial charge in [-0.25, -0.2) is 0 Å². The molecule has 2 heteroatoms. The normalized spacial score (nSPS) is 18.1. The predicted octanol–water partition coefficient (Wildman–Crippen LogP) is 4.82. The molecule has 0 radical (unpaired) electrons. The van der Waals surface area contributed by atoms with E-state index in [9.17, 15) is 0 Å². The van der Waals surface area contributed by atoms with E-state index in [1.54, 1.807) is 0 Å². The molecule has 0 spiro atoms. The molecule has 0 amide bonds. The molecule has 1 atom stereocenters. The zero-order valence-corrected chi connectivity index (χ0v) is 13.8. The van der Waals surface area contributed by atoms with E-state index in [-0.39, 0.29) is 0 Å². The van der Waals surface area contributed by atoms with Gasteiger partial charge in [0.05, 0.1) is 0 Å². The molecule has 1 nitrogen and oxygen atoms in total. The van der Waals surface area contributed by atoms with Crippen molar-refractivity contribution in [1.82, 2.24) is 5.32 Å². The minimum Gasteiger partial charge on any atom is -0.310 e. The summed E-state index contributed by atoms with van der Waals surface area (Å²) < 4.78 is 0. The van der Waals surface area contributed by atoms with Gasteiger partial charge in [0, 0.05) is 6.04 Å². The van der Waals surface area contributed by atoms with Gasteiger partial charge in [-0.1, -0.05) is 44.5 Å². The van der Waals surface area contributed by atoms with Crippen LogP contribution in [0.15, 0.2) is 24.3 Å². The van der Waals surface area contributed by atoms with Gasteiger partial charge in [0.15, 0.2) is 0 Å². The molecule has 1 fully saturated rings. The van der Waals surface area contributed by atoms with E-state index in [4.69, 9.17) is 0 Å². The van der Waals surface area contributed by atoms with E-state index >= 15 is 0 Å². The second kappa shape index (κ2) is 8.74. The van der Waals surface area contributed by atoms with Crippen LogP contribution in [-0.2, 0) is 6.42 Å². The number of hydrogen-bond acceptors (Lipinski definition) is 2. The molecule has 2 rings (SSSR count). The third-order valence-corrected chi connectivity index (χ3v) is 5.30. The summed E-state index contributed by atoms with van der Waals surface area (Å²) in [6.45, 7) is 5.54. The molecule has 20 heavy (non-hydrogen) atoms. The lowest BCUT2D eigenvalue weighted by molar-refractivity contribution is 0.374. The summed E-state index contributed by atoms with van der Waals surface area (Å²) in [5.41, 5.74) is 2.99. The summed E-state index contributed by atoms with van der Waals surface area (Å²) in [4.78, 5) is 0. The van der Waals surface area contributed by atoms with Crippen LogP contribution in [0.3, 0.4) is 0 Å². The molecule has 0 aliphatic carbocycles. The average Bonchev–Trinajstić information content (AvgIpc) is 2.49. The summed E-state index contributed by atoms with van der Waals surface area (Å²) >= 11 is 2.12. The molecule has 1 N–H and O–H groups in total. The van der Waals surface area contributed by atoms with Gasteiger partial charge in [-0.2, -0.15) is 11.8 Å². The van der Waals surface area contributed by atoms with E-state index in [1.807, 2.05) is 0 Å². The highest BCUT2D eigenvalue weighted by Gasteiger charge is 2.20. The second-order valence-electron chi connectivity index (χ2n) is 5.90. The number of hydrogen-bond donors (Lipinski definition) is 1. The van der Waals surface area contributed by atoms with Crippen LogP contribution in [0, 0.1) is 5.92 Å². The molecule has 0 aromatic heterocycles. The minimum atomic E-state index is 0.546. The van der Waals surface area contributed by atoms with E-state index in [0.717, 1.165) is 12.5 Å². The Morgan fingerprint density at radius 3 is 2.75 bits per heavy atom. The van der Waals surface area contributed by atoms with Crippen LogP contribution >= 0.6 is 11.8 Å². The Morgan fingerprint density at radius 2 is 2.05 bits per heavy atom. The smallest absolute Gasteiger partial charge is 0.0322 e. The largest absolute Gasteiger partial charge is 0.310 e. The van der Waals surface area contributed by atoms with E-state index in [2.05, 4.69) is 55.2 Å². The van der Waals surface area contributed by atoms with E-state index in [0.29, 0.717) is 6.04 Å². The molecular formula is C18H29NS. The Bertz CT molecular complexity index is 385. The van der Waals surface area contributed by atoms with Gasteiger partial charge in [-0.15, -0.1) is 0 Å². The Hall–Kier alpha value is -0.470. The van der Waals surface area contributed by atoms with Crippen LogP contribution in [0.2, 0.25) is 0 Å². The first-order valence-electron chi connectivity index (χ1n) is 8.23. The highest BCUT2D eigenvalue weighted by molar-refractivity contribution is 7.99. The Morgan fingerprint density at radius 1 is 1.25 bits per heavy atom. The standard InChI is InChI=1S/C18H29NS/c1-3-6-15-7-5-8-17(13-15)18(19-4-2)14-16-9-11-20-12-10-16/h5,7-8,13,16,18-19H,3-4,6,9-12,14H2,1-2H3. The van der Waals surface area contributed by atoms with Crippen molar-refractivity contribution in [1.29, 1.82) is 0 Å². The fraction of sp³-hybridized carbons (Fsp3) is 0.667. The van der Waals surface area contributed by atoms with Crippen molar-refractivity contribution in [2.75, 3.05) is 18.1 Å². The Kier molecular flexibility index (Phi) is 6.95. The number of nitrogens with one attached hydrogen (secondary N) is 1. The molecular weight excluding hydrogens is 262 g/mol. The maximum absolute atomic E-state index is 3.71. The topological polar surface area (TPSA) is 12.0 Å². The molecule has 1 unspecified atom stereocenters. The first-order chi connectivity index (χ1) is 9.83. The minimum absolute atomic E-state index is 0.546. The van der Waals surface area contributed by atoms with Gasteiger partial charge in [0.1, 0.15) is 0 Å². The number of aryl methyl sites for hydroxylation is 1. The van der Waals surface area contributed by atoms with Crippen molar-refractivity contribution in [3.63, 3.8) is 0 Å². The summed E-state index contributed by atoms with van der Waals surface area (Å²) in [6.07, 6.45) is 6.55. The zero-order valence-electron chi connectivity index (χ0n) is 13.0. The van der Waals surface area contributed by atoms with Crippen LogP contribution in [0.4, 0.5) is 0 Å². The third-order valence-electron chi connectivity index (χ3n) is 4.25. The van der Waals surface area contributed by atoms with Gasteiger partial charge < -0.3 is 5.32 Å². The molecule has 1 aromatic rings. The first-order valence-corrected chi connectivity index (χ1v) is 9.39. The lowest BCUT2D eigenvalue weighted by Crippen LogP contribution is -2.25. The van der Waals surface area contributed by atoms with Gasteiger partial charge in [-0.3, -0.25) is 0 Å². The van der Waals surface area contributed by atoms with Crippen molar-refractivity contribution in [2.45, 2.75) is 52.0 Å². The molecule has 1 aliphatic rings. The van der Waals surface area contributed by atoms with Gasteiger partial charge in [0.25, 0.3) is 0 Å². The van der Waals surface area contributed by atoms with Crippen molar-refractivity contribution < 1.29 is 0 Å². The number of rotatable bonds is 7. The lowest BCUT2D eigenvalue weighted by Gasteiger charge is -2.27. The zero-order chi connectivity index (χ0) is 14.2. The Balaban J connectivity index is 2.04. The van der Waals surface area contributed by atoms with Crippen LogP contribution in [0.1, 0.15) is 56.7 Å². The Labute approximate surface area is 128 Å². The van der Waals surface area contributed by atoms with Crippen molar-refractivity contribution in [2.24, 2.45) is 5.92 Å². The predicted molar refractivity (Wildman–Crippen MR) is 91.5 cm³/mol. The lowest BCUT2D eigenvalue weighted by atomic mass is 9.90. The first kappa shape index (κ1) is 15.9. The quantitative estimate of drug-likeness (QED) is 0.772. The summed E-state index contributed by atoms with van der Waals surface area (Å²) in [5, 5.41) is 3.71. The van der Waals surface area contributed by atoms with Crippen molar-refractivity contribution >= 4 is 11.8 Å². The van der Waals surface area contributed by atoms with E-state index in [1.165, 1.54) is 54.7 Å². The van der Waals surface area contributed by atoms with Crippen LogP contribution in [-0.4, -0.2) is 18.1 Å². The molecule has 0 bridgehead atoms. The fourth-order valence-electron chi connectivity index (χ4n) is 3.15. The fourth-order valence-corrected chi connectivity index (χ4v) is 4.36. The van der Waals surface area contributed by atoms with Crippen LogP contribution in [0.5, 0.6) is 0 Å². The SMILES string of the molecule is CCCc1cccc(C(CC2CCSCC2)NCC)c1. The second-order valence-corrected chi connectivity index (χ2v) is 7.12. The monoisotopic (exact) mass is 291 g/mol. The third kappa shape index (κ3) is 4.82. The molecule has 0 saturated carbocycles. The van der Waals surface area contributed by atoms with Crippen LogP contribution < -0.4 is 5.32 Å². The maximum atomic E-state index is 3.71. The van der Waals surface area contributed by atoms with Crippen LogP contribution in [0.25, 0.3) is 0 Å². The number of benzene rings is 1. The molecule has 1 heterocycles. The van der Waals surface area contributed by atoms with Gasteiger partial charge in [-0.05, 0) is 60.8 Å². The number of thioether (sulfide) groups is 1. The van der Waals surface area contributed by atoms with Crippen molar-refractivity contribution in [3.05, 3.63) is 35.4 Å². The summed E-state index contributed by atoms with van der Waals surface area (Å²) in [5.74, 6) is 3.63. The molecule has 112 valence electrons. The maximum Gasteiger partial charge on any atom is 0.0322 e. The average molecular weight is 292 g/mol. The van der Waals surface area contributed by atoms with E-state index < -0.39 is 0 Å². The molecule has 1 aliphatic heterocycles.